The number of carbonyl (C=O) groups excluding carboxylic acids is 2. The molecule has 0 saturated carbocycles. The van der Waals surface area contributed by atoms with Crippen LogP contribution in [-0.4, -0.2) is 31.6 Å². The lowest BCUT2D eigenvalue weighted by Gasteiger charge is -2.16. The molecule has 1 unspecified atom stereocenters. The Morgan fingerprint density at radius 1 is 1.43 bits per heavy atom. The van der Waals surface area contributed by atoms with Crippen LogP contribution in [0.3, 0.4) is 0 Å². The van der Waals surface area contributed by atoms with Gasteiger partial charge < -0.3 is 19.5 Å². The van der Waals surface area contributed by atoms with E-state index in [2.05, 4.69) is 12.2 Å². The van der Waals surface area contributed by atoms with E-state index in [1.54, 1.807) is 19.1 Å². The van der Waals surface area contributed by atoms with Gasteiger partial charge in [-0.25, -0.2) is 0 Å². The summed E-state index contributed by atoms with van der Waals surface area (Å²) in [5.74, 6) is 1.11. The third-order valence-electron chi connectivity index (χ3n) is 3.13. The molecule has 0 saturated heterocycles. The summed E-state index contributed by atoms with van der Waals surface area (Å²) in [6.07, 6.45) is 1.90. The molecule has 114 valence electrons. The minimum absolute atomic E-state index is 0.115. The average molecular weight is 293 g/mol. The van der Waals surface area contributed by atoms with Crippen LogP contribution in [-0.2, 0) is 4.79 Å². The van der Waals surface area contributed by atoms with Crippen LogP contribution in [0.15, 0.2) is 12.1 Å². The van der Waals surface area contributed by atoms with Crippen molar-refractivity contribution in [3.8, 4) is 17.2 Å². The third-order valence-corrected chi connectivity index (χ3v) is 3.13. The molecule has 0 bridgehead atoms. The second-order valence-electron chi connectivity index (χ2n) is 4.77. The largest absolute Gasteiger partial charge is 0.480 e. The predicted octanol–water partition coefficient (Wildman–Crippen LogP) is 1.91. The van der Waals surface area contributed by atoms with Crippen LogP contribution >= 0.6 is 0 Å². The fourth-order valence-corrected chi connectivity index (χ4v) is 1.91. The lowest BCUT2D eigenvalue weighted by molar-refractivity contribution is -0.127. The second kappa shape index (κ2) is 6.97. The van der Waals surface area contributed by atoms with Crippen molar-refractivity contribution in [2.75, 3.05) is 13.3 Å². The van der Waals surface area contributed by atoms with Gasteiger partial charge >= 0.3 is 0 Å². The molecule has 0 spiro atoms. The highest BCUT2D eigenvalue weighted by atomic mass is 16.7. The second-order valence-corrected chi connectivity index (χ2v) is 4.77. The van der Waals surface area contributed by atoms with Crippen LogP contribution in [0.25, 0.3) is 0 Å². The molecule has 1 amide bonds. The number of hydrogen-bond donors (Lipinski definition) is 1. The normalized spacial score (nSPS) is 13.6. The summed E-state index contributed by atoms with van der Waals surface area (Å²) >= 11 is 0. The molecule has 1 atom stereocenters. The zero-order valence-electron chi connectivity index (χ0n) is 12.2. The molecule has 0 aliphatic carbocycles. The van der Waals surface area contributed by atoms with Gasteiger partial charge in [-0.05, 0) is 19.4 Å². The number of carbonyl (C=O) groups is 2. The van der Waals surface area contributed by atoms with Crippen LogP contribution in [0.2, 0.25) is 0 Å². The number of fused-ring (bicyclic) bond motifs is 1. The van der Waals surface area contributed by atoms with Crippen LogP contribution < -0.4 is 19.5 Å². The lowest BCUT2D eigenvalue weighted by atomic mass is 10.2. The van der Waals surface area contributed by atoms with Crippen LogP contribution in [0.4, 0.5) is 0 Å². The van der Waals surface area contributed by atoms with E-state index < -0.39 is 6.10 Å². The molecule has 1 heterocycles. The van der Waals surface area contributed by atoms with E-state index in [0.717, 1.165) is 12.8 Å². The fourth-order valence-electron chi connectivity index (χ4n) is 1.91. The van der Waals surface area contributed by atoms with E-state index in [1.165, 1.54) is 0 Å². The summed E-state index contributed by atoms with van der Waals surface area (Å²) in [5.41, 5.74) is 0.326. The maximum absolute atomic E-state index is 11.9. The Balaban J connectivity index is 2.04. The Labute approximate surface area is 123 Å². The van der Waals surface area contributed by atoms with Gasteiger partial charge in [-0.1, -0.05) is 13.3 Å². The molecular weight excluding hydrogens is 274 g/mol. The van der Waals surface area contributed by atoms with Gasteiger partial charge in [0.25, 0.3) is 5.91 Å². The summed E-state index contributed by atoms with van der Waals surface area (Å²) in [4.78, 5) is 23.0. The van der Waals surface area contributed by atoms with Gasteiger partial charge in [0.05, 0.1) is 5.56 Å². The number of aldehydes is 1. The molecule has 0 aromatic heterocycles. The minimum atomic E-state index is -0.694. The predicted molar refractivity (Wildman–Crippen MR) is 76.0 cm³/mol. The fraction of sp³-hybridized carbons (Fsp3) is 0.467. The van der Waals surface area contributed by atoms with E-state index >= 15 is 0 Å². The van der Waals surface area contributed by atoms with Gasteiger partial charge in [0.15, 0.2) is 23.9 Å². The maximum Gasteiger partial charge on any atom is 0.260 e. The smallest absolute Gasteiger partial charge is 0.260 e. The SMILES string of the molecule is CCCCNC(=O)C(C)Oc1cc2c(cc1C=O)OCO2. The number of benzene rings is 1. The molecule has 1 aromatic carbocycles. The quantitative estimate of drug-likeness (QED) is 0.614. The highest BCUT2D eigenvalue weighted by Gasteiger charge is 2.21. The number of unbranched alkanes of at least 4 members (excludes halogenated alkanes) is 1. The summed E-state index contributed by atoms with van der Waals surface area (Å²) in [6, 6.07) is 3.12. The molecule has 6 heteroatoms. The van der Waals surface area contributed by atoms with E-state index in [4.69, 9.17) is 14.2 Å². The Morgan fingerprint density at radius 3 is 2.81 bits per heavy atom. The van der Waals surface area contributed by atoms with Gasteiger partial charge in [-0.15, -0.1) is 0 Å². The number of hydrogen-bond acceptors (Lipinski definition) is 5. The zero-order valence-corrected chi connectivity index (χ0v) is 12.2. The van der Waals surface area contributed by atoms with Crippen LogP contribution in [0.5, 0.6) is 17.2 Å². The van der Waals surface area contributed by atoms with Gasteiger partial charge in [0.1, 0.15) is 5.75 Å². The molecule has 0 radical (unpaired) electrons. The zero-order chi connectivity index (χ0) is 15.2. The van der Waals surface area contributed by atoms with Crippen LogP contribution in [0, 0.1) is 0 Å². The van der Waals surface area contributed by atoms with E-state index in [0.29, 0.717) is 35.6 Å². The molecular formula is C15H19NO5. The number of ether oxygens (including phenoxy) is 3. The standard InChI is InChI=1S/C15H19NO5/c1-3-4-5-16-15(18)10(2)21-12-7-14-13(19-9-20-14)6-11(12)8-17/h6-8,10H,3-5,9H2,1-2H3,(H,16,18). The molecule has 1 aliphatic rings. The number of amides is 1. The maximum atomic E-state index is 11.9. The molecule has 6 nitrogen and oxygen atoms in total. The first kappa shape index (κ1) is 15.2. The minimum Gasteiger partial charge on any atom is -0.480 e. The first-order valence-electron chi connectivity index (χ1n) is 6.99. The number of nitrogens with one attached hydrogen (secondary N) is 1. The molecule has 2 rings (SSSR count). The van der Waals surface area contributed by atoms with Crippen molar-refractivity contribution in [2.45, 2.75) is 32.8 Å². The first-order valence-corrected chi connectivity index (χ1v) is 6.99. The van der Waals surface area contributed by atoms with Crippen molar-refractivity contribution < 1.29 is 23.8 Å². The summed E-state index contributed by atoms with van der Waals surface area (Å²) < 4.78 is 16.0. The van der Waals surface area contributed by atoms with E-state index in [9.17, 15) is 9.59 Å². The van der Waals surface area contributed by atoms with Crippen molar-refractivity contribution in [3.63, 3.8) is 0 Å². The monoisotopic (exact) mass is 293 g/mol. The average Bonchev–Trinajstić information content (AvgIpc) is 2.93. The van der Waals surface area contributed by atoms with Gasteiger partial charge in [-0.3, -0.25) is 9.59 Å². The molecule has 1 aromatic rings. The Kier molecular flexibility index (Phi) is 5.03. The molecule has 21 heavy (non-hydrogen) atoms. The summed E-state index contributed by atoms with van der Waals surface area (Å²) in [7, 11) is 0. The molecule has 1 N–H and O–H groups in total. The van der Waals surface area contributed by atoms with Crippen molar-refractivity contribution >= 4 is 12.2 Å². The molecule has 0 fully saturated rings. The van der Waals surface area contributed by atoms with Gasteiger partial charge in [-0.2, -0.15) is 0 Å². The number of rotatable bonds is 7. The van der Waals surface area contributed by atoms with Crippen molar-refractivity contribution in [2.24, 2.45) is 0 Å². The van der Waals surface area contributed by atoms with Gasteiger partial charge in [0.2, 0.25) is 6.79 Å². The first-order chi connectivity index (χ1) is 10.2. The van der Waals surface area contributed by atoms with E-state index in [1.807, 2.05) is 0 Å². The van der Waals surface area contributed by atoms with Gasteiger partial charge in [0, 0.05) is 12.6 Å². The Morgan fingerprint density at radius 2 is 2.14 bits per heavy atom. The van der Waals surface area contributed by atoms with Crippen molar-refractivity contribution in [1.29, 1.82) is 0 Å². The van der Waals surface area contributed by atoms with E-state index in [-0.39, 0.29) is 12.7 Å². The topological polar surface area (TPSA) is 73.9 Å². The molecule has 1 aliphatic heterocycles. The summed E-state index contributed by atoms with van der Waals surface area (Å²) in [5, 5.41) is 2.79. The highest BCUT2D eigenvalue weighted by molar-refractivity contribution is 5.83. The third kappa shape index (κ3) is 3.65. The lowest BCUT2D eigenvalue weighted by Crippen LogP contribution is -2.36. The highest BCUT2D eigenvalue weighted by Crippen LogP contribution is 2.37. The summed E-state index contributed by atoms with van der Waals surface area (Å²) in [6.45, 7) is 4.42. The van der Waals surface area contributed by atoms with Crippen molar-refractivity contribution in [1.82, 2.24) is 5.32 Å². The Hall–Kier alpha value is -2.24. The van der Waals surface area contributed by atoms with Crippen molar-refractivity contribution in [3.05, 3.63) is 17.7 Å². The Bertz CT molecular complexity index is 529. The van der Waals surface area contributed by atoms with Crippen LogP contribution in [0.1, 0.15) is 37.0 Å².